The Hall–Kier alpha value is -2.73. The molecule has 0 fully saturated rings. The smallest absolute Gasteiger partial charge is 0.151 e. The third kappa shape index (κ3) is 2.47. The molecule has 0 unspecified atom stereocenters. The standard InChI is InChI=1S/C17H15N5S/c1-22(2)12-6-3-5-11(9-12)21-16-15-14(19-10-20-16)13-7-4-8-18-17(13)23-15/h3-10H,1-2H3,(H,19,20,21). The van der Waals surface area contributed by atoms with Crippen molar-refractivity contribution >= 4 is 49.0 Å². The maximum Gasteiger partial charge on any atom is 0.151 e. The van der Waals surface area contributed by atoms with Crippen molar-refractivity contribution in [2.45, 2.75) is 0 Å². The second kappa shape index (κ2) is 5.48. The van der Waals surface area contributed by atoms with Gasteiger partial charge >= 0.3 is 0 Å². The number of anilines is 3. The normalized spacial score (nSPS) is 11.0. The Morgan fingerprint density at radius 3 is 2.83 bits per heavy atom. The van der Waals surface area contributed by atoms with Gasteiger partial charge in [-0.2, -0.15) is 0 Å². The van der Waals surface area contributed by atoms with E-state index in [2.05, 4.69) is 37.3 Å². The lowest BCUT2D eigenvalue weighted by atomic mass is 10.2. The summed E-state index contributed by atoms with van der Waals surface area (Å²) in [7, 11) is 4.05. The maximum atomic E-state index is 4.43. The van der Waals surface area contributed by atoms with Crippen LogP contribution in [0.5, 0.6) is 0 Å². The lowest BCUT2D eigenvalue weighted by molar-refractivity contribution is 1.13. The van der Waals surface area contributed by atoms with Crippen LogP contribution in [-0.4, -0.2) is 29.0 Å². The van der Waals surface area contributed by atoms with E-state index in [1.807, 2.05) is 38.4 Å². The van der Waals surface area contributed by atoms with Gasteiger partial charge in [0.15, 0.2) is 5.82 Å². The molecule has 4 rings (SSSR count). The molecule has 6 heteroatoms. The molecule has 0 aliphatic rings. The van der Waals surface area contributed by atoms with Gasteiger partial charge in [0, 0.05) is 37.1 Å². The first-order valence-electron chi connectivity index (χ1n) is 7.25. The van der Waals surface area contributed by atoms with Gasteiger partial charge in [-0.05, 0) is 30.3 Å². The summed E-state index contributed by atoms with van der Waals surface area (Å²) in [5.74, 6) is 0.814. The number of hydrogen-bond donors (Lipinski definition) is 1. The number of aromatic nitrogens is 3. The number of pyridine rings is 1. The lowest BCUT2D eigenvalue weighted by Crippen LogP contribution is -2.08. The van der Waals surface area contributed by atoms with Crippen LogP contribution in [0.1, 0.15) is 0 Å². The molecular weight excluding hydrogens is 306 g/mol. The highest BCUT2D eigenvalue weighted by atomic mass is 32.1. The molecule has 3 aromatic heterocycles. The number of nitrogens with one attached hydrogen (secondary N) is 1. The second-order valence-corrected chi connectivity index (χ2v) is 6.43. The summed E-state index contributed by atoms with van der Waals surface area (Å²) in [5.41, 5.74) is 3.08. The van der Waals surface area contributed by atoms with Gasteiger partial charge in [0.25, 0.3) is 0 Å². The minimum atomic E-state index is 0.814. The van der Waals surface area contributed by atoms with E-state index in [4.69, 9.17) is 0 Å². The van der Waals surface area contributed by atoms with Crippen molar-refractivity contribution in [2.24, 2.45) is 0 Å². The fourth-order valence-corrected chi connectivity index (χ4v) is 3.54. The number of hydrogen-bond acceptors (Lipinski definition) is 6. The van der Waals surface area contributed by atoms with Crippen LogP contribution >= 0.6 is 11.3 Å². The zero-order valence-electron chi connectivity index (χ0n) is 12.8. The molecule has 1 aromatic carbocycles. The predicted octanol–water partition coefficient (Wildman–Crippen LogP) is 4.05. The van der Waals surface area contributed by atoms with Crippen LogP contribution in [0.3, 0.4) is 0 Å². The summed E-state index contributed by atoms with van der Waals surface area (Å²) in [6.07, 6.45) is 3.40. The van der Waals surface area contributed by atoms with E-state index in [-0.39, 0.29) is 0 Å². The monoisotopic (exact) mass is 321 g/mol. The average Bonchev–Trinajstić information content (AvgIpc) is 2.95. The molecule has 0 radical (unpaired) electrons. The number of benzene rings is 1. The Kier molecular flexibility index (Phi) is 3.31. The molecule has 0 spiro atoms. The van der Waals surface area contributed by atoms with Gasteiger partial charge in [-0.15, -0.1) is 11.3 Å². The van der Waals surface area contributed by atoms with Gasteiger partial charge in [0.2, 0.25) is 0 Å². The summed E-state index contributed by atoms with van der Waals surface area (Å²) >= 11 is 1.61. The van der Waals surface area contributed by atoms with Crippen LogP contribution in [0, 0.1) is 0 Å². The molecule has 0 saturated heterocycles. The summed E-state index contributed by atoms with van der Waals surface area (Å²) in [6.45, 7) is 0. The van der Waals surface area contributed by atoms with Gasteiger partial charge in [-0.3, -0.25) is 0 Å². The van der Waals surface area contributed by atoms with E-state index < -0.39 is 0 Å². The Labute approximate surface area is 137 Å². The highest BCUT2D eigenvalue weighted by molar-refractivity contribution is 7.25. The molecule has 0 bridgehead atoms. The Balaban J connectivity index is 1.81. The van der Waals surface area contributed by atoms with Crippen molar-refractivity contribution in [3.8, 4) is 0 Å². The van der Waals surface area contributed by atoms with Gasteiger partial charge < -0.3 is 10.2 Å². The summed E-state index contributed by atoms with van der Waals surface area (Å²) in [4.78, 5) is 16.3. The van der Waals surface area contributed by atoms with Crippen molar-refractivity contribution in [2.75, 3.05) is 24.3 Å². The van der Waals surface area contributed by atoms with E-state index >= 15 is 0 Å². The van der Waals surface area contributed by atoms with Crippen LogP contribution in [0.15, 0.2) is 48.9 Å². The van der Waals surface area contributed by atoms with E-state index in [0.29, 0.717) is 0 Å². The molecule has 3 heterocycles. The molecule has 4 aromatic rings. The topological polar surface area (TPSA) is 53.9 Å². The van der Waals surface area contributed by atoms with Crippen LogP contribution in [0.25, 0.3) is 20.4 Å². The Bertz CT molecular complexity index is 993. The first kappa shape index (κ1) is 13.9. The van der Waals surface area contributed by atoms with Crippen molar-refractivity contribution in [1.82, 2.24) is 15.0 Å². The number of rotatable bonds is 3. The highest BCUT2D eigenvalue weighted by Gasteiger charge is 2.12. The fourth-order valence-electron chi connectivity index (χ4n) is 2.50. The van der Waals surface area contributed by atoms with Crippen molar-refractivity contribution < 1.29 is 0 Å². The van der Waals surface area contributed by atoms with Crippen LogP contribution < -0.4 is 10.2 Å². The SMILES string of the molecule is CN(C)c1cccc(Nc2ncnc3c2sc2ncccc23)c1. The lowest BCUT2D eigenvalue weighted by Gasteiger charge is -2.14. The first-order chi connectivity index (χ1) is 11.2. The van der Waals surface area contributed by atoms with Crippen LogP contribution in [0.2, 0.25) is 0 Å². The summed E-state index contributed by atoms with van der Waals surface area (Å²) in [6, 6.07) is 12.2. The number of thiophene rings is 1. The minimum absolute atomic E-state index is 0.814. The van der Waals surface area contributed by atoms with Gasteiger partial charge in [0.05, 0.1) is 10.2 Å². The van der Waals surface area contributed by atoms with E-state index in [1.165, 1.54) is 0 Å². The highest BCUT2D eigenvalue weighted by Crippen LogP contribution is 2.35. The van der Waals surface area contributed by atoms with Crippen LogP contribution in [0.4, 0.5) is 17.2 Å². The first-order valence-corrected chi connectivity index (χ1v) is 8.06. The zero-order chi connectivity index (χ0) is 15.8. The zero-order valence-corrected chi connectivity index (χ0v) is 13.6. The molecule has 0 atom stereocenters. The summed E-state index contributed by atoms with van der Waals surface area (Å²) in [5, 5.41) is 4.48. The minimum Gasteiger partial charge on any atom is -0.378 e. The van der Waals surface area contributed by atoms with Gasteiger partial charge in [0.1, 0.15) is 11.2 Å². The van der Waals surface area contributed by atoms with Gasteiger partial charge in [-0.25, -0.2) is 15.0 Å². The van der Waals surface area contributed by atoms with E-state index in [0.717, 1.165) is 37.6 Å². The summed E-state index contributed by atoms with van der Waals surface area (Å²) < 4.78 is 1.02. The largest absolute Gasteiger partial charge is 0.378 e. The molecule has 0 aliphatic heterocycles. The van der Waals surface area contributed by atoms with Crippen molar-refractivity contribution in [3.05, 3.63) is 48.9 Å². The molecule has 114 valence electrons. The van der Waals surface area contributed by atoms with Crippen molar-refractivity contribution in [1.29, 1.82) is 0 Å². The maximum absolute atomic E-state index is 4.43. The molecule has 1 N–H and O–H groups in total. The van der Waals surface area contributed by atoms with E-state index in [9.17, 15) is 0 Å². The molecule has 5 nitrogen and oxygen atoms in total. The fraction of sp³-hybridized carbons (Fsp3) is 0.118. The number of nitrogens with zero attached hydrogens (tertiary/aromatic N) is 4. The molecule has 0 amide bonds. The van der Waals surface area contributed by atoms with Crippen molar-refractivity contribution in [3.63, 3.8) is 0 Å². The third-order valence-electron chi connectivity index (χ3n) is 3.65. The van der Waals surface area contributed by atoms with Crippen LogP contribution in [-0.2, 0) is 0 Å². The average molecular weight is 321 g/mol. The molecule has 0 saturated carbocycles. The molecule has 0 aliphatic carbocycles. The van der Waals surface area contributed by atoms with Gasteiger partial charge in [-0.1, -0.05) is 6.07 Å². The Morgan fingerprint density at radius 1 is 1.04 bits per heavy atom. The van der Waals surface area contributed by atoms with E-state index in [1.54, 1.807) is 23.9 Å². The predicted molar refractivity (Wildman–Crippen MR) is 96.8 cm³/mol. The molecular formula is C17H15N5S. The third-order valence-corrected chi connectivity index (χ3v) is 4.76. The quantitative estimate of drug-likeness (QED) is 0.617. The Morgan fingerprint density at radius 2 is 1.96 bits per heavy atom. The second-order valence-electron chi connectivity index (χ2n) is 5.43. The molecule has 23 heavy (non-hydrogen) atoms. The number of fused-ring (bicyclic) bond motifs is 3.